The van der Waals surface area contributed by atoms with Crippen molar-refractivity contribution in [2.24, 2.45) is 17.8 Å². The third kappa shape index (κ3) is 5.19. The van der Waals surface area contributed by atoms with Gasteiger partial charge in [0.1, 0.15) is 11.8 Å². The van der Waals surface area contributed by atoms with Crippen LogP contribution in [0.2, 0.25) is 5.02 Å². The molecule has 3 aliphatic rings. The normalized spacial score (nSPS) is 28.4. The molecule has 3 unspecified atom stereocenters. The Labute approximate surface area is 244 Å². The van der Waals surface area contributed by atoms with Crippen LogP contribution in [-0.2, 0) is 14.4 Å². The molecule has 3 N–H and O–H groups in total. The number of unbranched alkanes of at least 4 members (excludes halogenated alkanes) is 2. The van der Waals surface area contributed by atoms with E-state index in [-0.39, 0.29) is 35.5 Å². The maximum Gasteiger partial charge on any atom is 0.248 e. The van der Waals surface area contributed by atoms with Crippen molar-refractivity contribution in [3.05, 3.63) is 53.6 Å². The van der Waals surface area contributed by atoms with Crippen LogP contribution in [0.4, 0.5) is 11.4 Å². The summed E-state index contributed by atoms with van der Waals surface area (Å²) in [7, 11) is 0. The topological polar surface area (TPSA) is 108 Å². The van der Waals surface area contributed by atoms with Gasteiger partial charge in [-0.15, -0.1) is 11.8 Å². The fraction of sp³-hybridized carbons (Fsp3) is 0.500. The standard InChI is InChI=1S/C30H36ClN3O5S/c1-3-39-22-13-11-21(12-14-22)32-27(36)24-23-17-18(2)30(40-23)25(24)29(38)34(15-5-4-6-16-35)26(30)28(37)33-20-9-7-19(31)8-10-20/h7-14,18,23-26,35H,3-6,15-17H2,1-2H3,(H,32,36)(H,33,37)/t18?,23-,24+,25+,26?,30?/m1/s1. The first kappa shape index (κ1) is 28.8. The predicted octanol–water partition coefficient (Wildman–Crippen LogP) is 4.82. The van der Waals surface area contributed by atoms with Crippen LogP contribution in [0.25, 0.3) is 0 Å². The van der Waals surface area contributed by atoms with Crippen molar-refractivity contribution >= 4 is 52.5 Å². The summed E-state index contributed by atoms with van der Waals surface area (Å²) in [5, 5.41) is 15.8. The number of benzene rings is 2. The van der Waals surface area contributed by atoms with Gasteiger partial charge in [-0.25, -0.2) is 0 Å². The molecule has 0 aromatic heterocycles. The Morgan fingerprint density at radius 3 is 2.35 bits per heavy atom. The maximum atomic E-state index is 14.1. The minimum atomic E-state index is -0.705. The average molecular weight is 586 g/mol. The quantitative estimate of drug-likeness (QED) is 0.327. The van der Waals surface area contributed by atoms with E-state index in [1.165, 1.54) is 0 Å². The highest BCUT2D eigenvalue weighted by Gasteiger charge is 2.75. The minimum Gasteiger partial charge on any atom is -0.494 e. The Morgan fingerprint density at radius 1 is 1.05 bits per heavy atom. The van der Waals surface area contributed by atoms with Crippen molar-refractivity contribution in [1.82, 2.24) is 4.90 Å². The Bertz CT molecular complexity index is 1240. The maximum absolute atomic E-state index is 14.1. The summed E-state index contributed by atoms with van der Waals surface area (Å²) in [5.74, 6) is -0.883. The zero-order valence-electron chi connectivity index (χ0n) is 22.8. The molecule has 0 radical (unpaired) electrons. The van der Waals surface area contributed by atoms with E-state index in [0.29, 0.717) is 42.4 Å². The Morgan fingerprint density at radius 2 is 1.70 bits per heavy atom. The molecule has 0 aliphatic carbocycles. The van der Waals surface area contributed by atoms with Crippen molar-refractivity contribution in [2.45, 2.75) is 55.6 Å². The zero-order chi connectivity index (χ0) is 28.4. The van der Waals surface area contributed by atoms with Crippen LogP contribution >= 0.6 is 23.4 Å². The lowest BCUT2D eigenvalue weighted by Crippen LogP contribution is -2.54. The highest BCUT2D eigenvalue weighted by Crippen LogP contribution is 2.68. The fourth-order valence-electron chi connectivity index (χ4n) is 6.70. The van der Waals surface area contributed by atoms with E-state index in [1.54, 1.807) is 53.1 Å². The number of nitrogens with one attached hydrogen (secondary N) is 2. The molecule has 214 valence electrons. The minimum absolute atomic E-state index is 0.0472. The van der Waals surface area contributed by atoms with Gasteiger partial charge in [0.2, 0.25) is 17.7 Å². The molecule has 1 spiro atoms. The van der Waals surface area contributed by atoms with Gasteiger partial charge in [-0.05, 0) is 87.1 Å². The molecule has 5 rings (SSSR count). The lowest BCUT2D eigenvalue weighted by molar-refractivity contribution is -0.138. The number of carbonyl (C=O) groups excluding carboxylic acids is 3. The lowest BCUT2D eigenvalue weighted by Gasteiger charge is -2.38. The van der Waals surface area contributed by atoms with E-state index >= 15 is 0 Å². The summed E-state index contributed by atoms with van der Waals surface area (Å²) in [6.07, 6.45) is 2.82. The number of carbonyl (C=O) groups is 3. The number of aliphatic hydroxyl groups is 1. The van der Waals surface area contributed by atoms with E-state index in [4.69, 9.17) is 16.3 Å². The zero-order valence-corrected chi connectivity index (χ0v) is 24.3. The number of amides is 3. The number of fused-ring (bicyclic) bond motifs is 1. The molecule has 3 fully saturated rings. The number of anilines is 2. The second-order valence-corrected chi connectivity index (χ2v) is 12.8. The Balaban J connectivity index is 1.43. The number of nitrogens with zero attached hydrogens (tertiary/aromatic N) is 1. The second kappa shape index (κ2) is 12.0. The Hall–Kier alpha value is -2.75. The van der Waals surface area contributed by atoms with Crippen molar-refractivity contribution in [3.63, 3.8) is 0 Å². The van der Waals surface area contributed by atoms with Gasteiger partial charge in [0.25, 0.3) is 0 Å². The van der Waals surface area contributed by atoms with Gasteiger partial charge in [-0.2, -0.15) is 0 Å². The number of likely N-dealkylation sites (tertiary alicyclic amines) is 1. The summed E-state index contributed by atoms with van der Waals surface area (Å²) in [5.41, 5.74) is 1.25. The summed E-state index contributed by atoms with van der Waals surface area (Å²) >= 11 is 7.69. The predicted molar refractivity (Wildman–Crippen MR) is 158 cm³/mol. The molecule has 2 bridgehead atoms. The van der Waals surface area contributed by atoms with E-state index in [9.17, 15) is 19.5 Å². The first-order valence-electron chi connectivity index (χ1n) is 14.0. The molecule has 40 heavy (non-hydrogen) atoms. The van der Waals surface area contributed by atoms with E-state index in [2.05, 4.69) is 17.6 Å². The lowest BCUT2D eigenvalue weighted by atomic mass is 9.66. The summed E-state index contributed by atoms with van der Waals surface area (Å²) in [6, 6.07) is 13.4. The van der Waals surface area contributed by atoms with Gasteiger partial charge in [0.05, 0.1) is 23.2 Å². The number of hydrogen-bond donors (Lipinski definition) is 3. The largest absolute Gasteiger partial charge is 0.494 e. The van der Waals surface area contributed by atoms with Gasteiger partial charge in [0.15, 0.2) is 0 Å². The number of halogens is 1. The van der Waals surface area contributed by atoms with Crippen molar-refractivity contribution in [1.29, 1.82) is 0 Å². The molecule has 3 heterocycles. The third-order valence-corrected chi connectivity index (χ3v) is 10.7. The van der Waals surface area contributed by atoms with Crippen LogP contribution in [0.5, 0.6) is 5.75 Å². The van der Waals surface area contributed by atoms with Gasteiger partial charge >= 0.3 is 0 Å². The first-order chi connectivity index (χ1) is 19.3. The Kier molecular flexibility index (Phi) is 8.63. The molecule has 2 aromatic carbocycles. The summed E-state index contributed by atoms with van der Waals surface area (Å²) < 4.78 is 4.81. The molecule has 2 aromatic rings. The monoisotopic (exact) mass is 585 g/mol. The van der Waals surface area contributed by atoms with Gasteiger partial charge < -0.3 is 25.4 Å². The van der Waals surface area contributed by atoms with Crippen LogP contribution in [0, 0.1) is 17.8 Å². The number of thioether (sulfide) groups is 1. The molecule has 10 heteroatoms. The molecule has 3 saturated heterocycles. The fourth-order valence-corrected chi connectivity index (χ4v) is 9.25. The summed E-state index contributed by atoms with van der Waals surface area (Å²) in [6.45, 7) is 5.06. The van der Waals surface area contributed by atoms with Gasteiger partial charge in [-0.1, -0.05) is 18.5 Å². The molecular weight excluding hydrogens is 550 g/mol. The first-order valence-corrected chi connectivity index (χ1v) is 15.2. The molecule has 0 saturated carbocycles. The third-order valence-electron chi connectivity index (χ3n) is 8.40. The number of hydrogen-bond acceptors (Lipinski definition) is 6. The molecule has 3 amide bonds. The van der Waals surface area contributed by atoms with Crippen LogP contribution in [-0.4, -0.2) is 63.5 Å². The summed E-state index contributed by atoms with van der Waals surface area (Å²) in [4.78, 5) is 43.6. The number of aliphatic hydroxyl groups excluding tert-OH is 1. The van der Waals surface area contributed by atoms with E-state index < -0.39 is 22.6 Å². The SMILES string of the molecule is CCOc1ccc(NC(=O)[C@@H]2[C@H]3C(=O)N(CCCCCO)C(C(=O)Nc4ccc(Cl)cc4)C34S[C@@H]2CC4C)cc1. The van der Waals surface area contributed by atoms with Crippen LogP contribution < -0.4 is 15.4 Å². The van der Waals surface area contributed by atoms with Crippen molar-refractivity contribution < 1.29 is 24.2 Å². The van der Waals surface area contributed by atoms with Crippen molar-refractivity contribution in [3.8, 4) is 5.75 Å². The van der Waals surface area contributed by atoms with Gasteiger partial charge in [0, 0.05) is 34.8 Å². The molecule has 8 nitrogen and oxygen atoms in total. The van der Waals surface area contributed by atoms with E-state index in [0.717, 1.165) is 18.6 Å². The van der Waals surface area contributed by atoms with Crippen LogP contribution in [0.1, 0.15) is 39.5 Å². The number of ether oxygens (including phenoxy) is 1. The average Bonchev–Trinajstić information content (AvgIpc) is 3.53. The van der Waals surface area contributed by atoms with Crippen LogP contribution in [0.3, 0.4) is 0 Å². The number of rotatable bonds is 11. The smallest absolute Gasteiger partial charge is 0.248 e. The van der Waals surface area contributed by atoms with Gasteiger partial charge in [-0.3, -0.25) is 14.4 Å². The second-order valence-electron chi connectivity index (χ2n) is 10.8. The molecular formula is C30H36ClN3O5S. The van der Waals surface area contributed by atoms with Crippen molar-refractivity contribution in [2.75, 3.05) is 30.4 Å². The highest BCUT2D eigenvalue weighted by molar-refractivity contribution is 8.02. The van der Waals surface area contributed by atoms with Crippen LogP contribution in [0.15, 0.2) is 48.5 Å². The molecule has 3 aliphatic heterocycles. The van der Waals surface area contributed by atoms with E-state index in [1.807, 2.05) is 19.1 Å². The molecule has 6 atom stereocenters. The highest BCUT2D eigenvalue weighted by atomic mass is 35.5.